The molecule has 23 heavy (non-hydrogen) atoms. The van der Waals surface area contributed by atoms with Gasteiger partial charge < -0.3 is 4.90 Å². The molecular weight excluding hydrogens is 352 g/mol. The fourth-order valence-electron chi connectivity index (χ4n) is 2.71. The zero-order valence-electron chi connectivity index (χ0n) is 13.8. The summed E-state index contributed by atoms with van der Waals surface area (Å²) in [6.07, 6.45) is 3.35. The number of amides is 1. The second kappa shape index (κ2) is 7.53. The first-order valence-electron chi connectivity index (χ1n) is 7.95. The number of carbonyl (C=O) groups excluding carboxylic acids is 1. The summed E-state index contributed by atoms with van der Waals surface area (Å²) in [5, 5.41) is 0. The Hall–Kier alpha value is -0.600. The molecule has 0 bridgehead atoms. The van der Waals surface area contributed by atoms with Gasteiger partial charge in [0.25, 0.3) is 5.91 Å². The Morgan fingerprint density at radius 1 is 1.48 bits per heavy atom. The lowest BCUT2D eigenvalue weighted by atomic mass is 10.1. The van der Waals surface area contributed by atoms with Crippen LogP contribution >= 0.6 is 24.0 Å². The van der Waals surface area contributed by atoms with Gasteiger partial charge in [-0.3, -0.25) is 9.69 Å². The maximum absolute atomic E-state index is 12.5. The minimum atomic E-state index is -2.94. The molecule has 0 aromatic rings. The first kappa shape index (κ1) is 18.7. The van der Waals surface area contributed by atoms with Gasteiger partial charge in [0.1, 0.15) is 4.32 Å². The highest BCUT2D eigenvalue weighted by Crippen LogP contribution is 2.32. The maximum Gasteiger partial charge on any atom is 0.267 e. The summed E-state index contributed by atoms with van der Waals surface area (Å²) in [6.45, 7) is 7.53. The summed E-state index contributed by atoms with van der Waals surface area (Å²) in [6, 6.07) is -0.0378. The predicted octanol–water partition coefficient (Wildman–Crippen LogP) is 2.24. The van der Waals surface area contributed by atoms with E-state index in [0.29, 0.717) is 34.7 Å². The Balaban J connectivity index is 2.09. The second-order valence-electron chi connectivity index (χ2n) is 6.39. The molecule has 0 radical (unpaired) electrons. The van der Waals surface area contributed by atoms with E-state index in [4.69, 9.17) is 12.2 Å². The Bertz CT molecular complexity index is 613. The lowest BCUT2D eigenvalue weighted by molar-refractivity contribution is -0.122. The van der Waals surface area contributed by atoms with Crippen molar-refractivity contribution in [2.24, 2.45) is 5.92 Å². The molecule has 0 aromatic carbocycles. The van der Waals surface area contributed by atoms with Gasteiger partial charge in [-0.15, -0.1) is 0 Å². The number of rotatable bonds is 6. The van der Waals surface area contributed by atoms with Gasteiger partial charge in [0.15, 0.2) is 9.84 Å². The molecule has 5 nitrogen and oxygen atoms in total. The van der Waals surface area contributed by atoms with Gasteiger partial charge >= 0.3 is 0 Å². The van der Waals surface area contributed by atoms with Crippen molar-refractivity contribution in [2.75, 3.05) is 24.6 Å². The van der Waals surface area contributed by atoms with E-state index in [1.807, 2.05) is 11.8 Å². The number of carbonyl (C=O) groups is 1. The molecule has 2 saturated heterocycles. The van der Waals surface area contributed by atoms with Crippen molar-refractivity contribution >= 4 is 44.0 Å². The van der Waals surface area contributed by atoms with Crippen LogP contribution in [0.2, 0.25) is 0 Å². The zero-order valence-corrected chi connectivity index (χ0v) is 16.3. The average Bonchev–Trinajstić information content (AvgIpc) is 2.94. The van der Waals surface area contributed by atoms with E-state index in [1.54, 1.807) is 11.1 Å². The summed E-state index contributed by atoms with van der Waals surface area (Å²) < 4.78 is 23.9. The summed E-state index contributed by atoms with van der Waals surface area (Å²) in [5.41, 5.74) is 0. The largest absolute Gasteiger partial charge is 0.373 e. The van der Waals surface area contributed by atoms with Crippen molar-refractivity contribution in [3.8, 4) is 0 Å². The van der Waals surface area contributed by atoms with E-state index in [0.717, 1.165) is 6.42 Å². The van der Waals surface area contributed by atoms with Gasteiger partial charge in [-0.2, -0.15) is 0 Å². The molecule has 2 rings (SSSR count). The van der Waals surface area contributed by atoms with Gasteiger partial charge in [-0.1, -0.05) is 37.8 Å². The Morgan fingerprint density at radius 2 is 2.17 bits per heavy atom. The van der Waals surface area contributed by atoms with Crippen LogP contribution in [0.3, 0.4) is 0 Å². The number of hydrogen-bond donors (Lipinski definition) is 0. The number of thioether (sulfide) groups is 1. The second-order valence-corrected chi connectivity index (χ2v) is 10.3. The number of sulfone groups is 1. The van der Waals surface area contributed by atoms with E-state index in [9.17, 15) is 13.2 Å². The quantitative estimate of drug-likeness (QED) is 0.523. The molecule has 1 unspecified atom stereocenters. The molecule has 8 heteroatoms. The predicted molar refractivity (Wildman–Crippen MR) is 98.9 cm³/mol. The van der Waals surface area contributed by atoms with E-state index in [-0.39, 0.29) is 23.5 Å². The highest BCUT2D eigenvalue weighted by Gasteiger charge is 2.35. The monoisotopic (exact) mass is 376 g/mol. The zero-order chi connectivity index (χ0) is 17.2. The van der Waals surface area contributed by atoms with E-state index < -0.39 is 9.84 Å². The summed E-state index contributed by atoms with van der Waals surface area (Å²) in [5.74, 6) is 0.863. The molecule has 2 fully saturated rings. The van der Waals surface area contributed by atoms with Crippen molar-refractivity contribution < 1.29 is 13.2 Å². The normalized spacial score (nSPS) is 25.8. The van der Waals surface area contributed by atoms with Crippen molar-refractivity contribution in [2.45, 2.75) is 39.7 Å². The minimum absolute atomic E-state index is 0.0378. The molecule has 2 aliphatic heterocycles. The fraction of sp³-hybridized carbons (Fsp3) is 0.733. The lowest BCUT2D eigenvalue weighted by Crippen LogP contribution is -2.33. The molecule has 0 N–H and O–H groups in total. The van der Waals surface area contributed by atoms with Crippen molar-refractivity contribution in [1.82, 2.24) is 9.80 Å². The van der Waals surface area contributed by atoms with Crippen LogP contribution < -0.4 is 0 Å². The number of thiocarbonyl (C=S) groups is 1. The topological polar surface area (TPSA) is 57.7 Å². The van der Waals surface area contributed by atoms with Gasteiger partial charge in [-0.05, 0) is 25.7 Å². The Morgan fingerprint density at radius 3 is 2.70 bits per heavy atom. The van der Waals surface area contributed by atoms with Crippen LogP contribution in [0.5, 0.6) is 0 Å². The smallest absolute Gasteiger partial charge is 0.267 e. The number of nitrogens with zero attached hydrogens (tertiary/aromatic N) is 2. The van der Waals surface area contributed by atoms with E-state index in [2.05, 4.69) is 13.8 Å². The van der Waals surface area contributed by atoms with Crippen molar-refractivity contribution in [3.05, 3.63) is 11.1 Å². The molecule has 0 spiro atoms. The fourth-order valence-corrected chi connectivity index (χ4v) is 5.76. The van der Waals surface area contributed by atoms with Crippen molar-refractivity contribution in [1.29, 1.82) is 0 Å². The van der Waals surface area contributed by atoms with Gasteiger partial charge in [-0.25, -0.2) is 8.42 Å². The van der Waals surface area contributed by atoms with E-state index >= 15 is 0 Å². The highest BCUT2D eigenvalue weighted by atomic mass is 32.2. The van der Waals surface area contributed by atoms with Gasteiger partial charge in [0, 0.05) is 25.3 Å². The molecule has 1 atom stereocenters. The number of hydrogen-bond acceptors (Lipinski definition) is 6. The average molecular weight is 377 g/mol. The molecule has 2 heterocycles. The third kappa shape index (κ3) is 4.70. The Labute approximate surface area is 148 Å². The maximum atomic E-state index is 12.5. The lowest BCUT2D eigenvalue weighted by Gasteiger charge is -2.25. The van der Waals surface area contributed by atoms with Crippen LogP contribution in [-0.2, 0) is 14.6 Å². The SMILES string of the molecule is CCN(/C=C1\SC(=S)N(CCC(C)C)C1=O)C1CCS(=O)(=O)C1. The molecule has 0 aromatic heterocycles. The third-order valence-electron chi connectivity index (χ3n) is 4.13. The van der Waals surface area contributed by atoms with Crippen LogP contribution in [0.4, 0.5) is 0 Å². The summed E-state index contributed by atoms with van der Waals surface area (Å²) >= 11 is 6.63. The molecule has 0 aliphatic carbocycles. The summed E-state index contributed by atoms with van der Waals surface area (Å²) in [7, 11) is -2.94. The molecule has 130 valence electrons. The van der Waals surface area contributed by atoms with Crippen LogP contribution in [0, 0.1) is 5.92 Å². The molecule has 1 amide bonds. The molecule has 2 aliphatic rings. The third-order valence-corrected chi connectivity index (χ3v) is 7.24. The first-order valence-corrected chi connectivity index (χ1v) is 11.0. The van der Waals surface area contributed by atoms with Crippen LogP contribution in [-0.4, -0.2) is 59.1 Å². The van der Waals surface area contributed by atoms with Crippen molar-refractivity contribution in [3.63, 3.8) is 0 Å². The van der Waals surface area contributed by atoms with E-state index in [1.165, 1.54) is 11.8 Å². The standard InChI is InChI=1S/C15H24N2O3S3/c1-4-16(12-6-8-23(19,20)10-12)9-13-14(18)17(15(21)22-13)7-5-11(2)3/h9,11-12H,4-8,10H2,1-3H3/b13-9-. The first-order chi connectivity index (χ1) is 10.7. The molecular formula is C15H24N2O3S3. The van der Waals surface area contributed by atoms with Crippen LogP contribution in [0.25, 0.3) is 0 Å². The van der Waals surface area contributed by atoms with Gasteiger partial charge in [0.2, 0.25) is 0 Å². The minimum Gasteiger partial charge on any atom is -0.373 e. The molecule has 0 saturated carbocycles. The van der Waals surface area contributed by atoms with Crippen LogP contribution in [0.1, 0.15) is 33.6 Å². The highest BCUT2D eigenvalue weighted by molar-refractivity contribution is 8.26. The summed E-state index contributed by atoms with van der Waals surface area (Å²) in [4.78, 5) is 16.8. The Kier molecular flexibility index (Phi) is 6.13. The van der Waals surface area contributed by atoms with Gasteiger partial charge in [0.05, 0.1) is 16.4 Å². The van der Waals surface area contributed by atoms with Crippen LogP contribution in [0.15, 0.2) is 11.1 Å².